The third-order valence-corrected chi connectivity index (χ3v) is 6.78. The van der Waals surface area contributed by atoms with Crippen molar-refractivity contribution in [2.45, 2.75) is 77.0 Å². The minimum absolute atomic E-state index is 0.871. The first-order valence-electron chi connectivity index (χ1n) is 7.79. The summed E-state index contributed by atoms with van der Waals surface area (Å²) in [5.41, 5.74) is 1.74. The van der Waals surface area contributed by atoms with Crippen molar-refractivity contribution >= 4 is 0 Å². The van der Waals surface area contributed by atoms with Crippen LogP contribution >= 0.6 is 0 Å². The number of fused-ring (bicyclic) bond motifs is 1. The predicted octanol–water partition coefficient (Wildman–Crippen LogP) is 4.93. The maximum absolute atomic E-state index is 1.64. The Balaban J connectivity index is 1.50. The van der Waals surface area contributed by atoms with Gasteiger partial charge in [-0.1, -0.05) is 25.7 Å². The van der Waals surface area contributed by atoms with Gasteiger partial charge in [0.2, 0.25) is 0 Å². The lowest BCUT2D eigenvalue weighted by molar-refractivity contribution is 0.221. The van der Waals surface area contributed by atoms with Gasteiger partial charge >= 0.3 is 0 Å². The first-order chi connectivity index (χ1) is 7.79. The second kappa shape index (κ2) is 3.27. The van der Waals surface area contributed by atoms with E-state index in [4.69, 9.17) is 0 Å². The average molecular weight is 218 g/mol. The highest BCUT2D eigenvalue weighted by atomic mass is 14.6. The van der Waals surface area contributed by atoms with Crippen molar-refractivity contribution < 1.29 is 0 Å². The molecule has 0 nitrogen and oxygen atoms in total. The normalized spacial score (nSPS) is 43.5. The quantitative estimate of drug-likeness (QED) is 0.541. The minimum Gasteiger partial charge on any atom is -0.0528 e. The lowest BCUT2D eigenvalue weighted by Crippen LogP contribution is -2.17. The van der Waals surface area contributed by atoms with Crippen LogP contribution in [-0.4, -0.2) is 0 Å². The molecule has 0 radical (unpaired) electrons. The van der Waals surface area contributed by atoms with E-state index in [1.807, 2.05) is 0 Å². The molecule has 4 aliphatic carbocycles. The summed E-state index contributed by atoms with van der Waals surface area (Å²) >= 11 is 0. The second-order valence-electron chi connectivity index (χ2n) is 7.75. The number of rotatable bonds is 0. The smallest absolute Gasteiger partial charge is 0.0292 e. The van der Waals surface area contributed by atoms with Crippen LogP contribution in [0.4, 0.5) is 0 Å². The van der Waals surface area contributed by atoms with E-state index >= 15 is 0 Å². The Kier molecular flexibility index (Phi) is 2.04. The standard InChI is InChI=1S/C16H26/c1-2-6-15(5-1)9-13-11-16(7-3-4-8-16)12-14(13)10-15/h13-14H,1-12H2. The fourth-order valence-electron chi connectivity index (χ4n) is 6.27. The van der Waals surface area contributed by atoms with Crippen LogP contribution in [0.1, 0.15) is 77.0 Å². The molecule has 4 aliphatic rings. The van der Waals surface area contributed by atoms with Crippen LogP contribution in [-0.2, 0) is 0 Å². The molecule has 90 valence electrons. The van der Waals surface area contributed by atoms with Gasteiger partial charge in [0.15, 0.2) is 0 Å². The van der Waals surface area contributed by atoms with Crippen LogP contribution in [0.2, 0.25) is 0 Å². The van der Waals surface area contributed by atoms with Gasteiger partial charge in [-0.3, -0.25) is 0 Å². The van der Waals surface area contributed by atoms with E-state index in [0.29, 0.717) is 0 Å². The van der Waals surface area contributed by atoms with Crippen molar-refractivity contribution in [1.82, 2.24) is 0 Å². The molecule has 16 heavy (non-hydrogen) atoms. The van der Waals surface area contributed by atoms with Gasteiger partial charge in [-0.05, 0) is 74.0 Å². The van der Waals surface area contributed by atoms with Crippen molar-refractivity contribution in [2.24, 2.45) is 22.7 Å². The minimum atomic E-state index is 0.871. The fourth-order valence-corrected chi connectivity index (χ4v) is 6.27. The SMILES string of the molecule is C1CCC2(C1)CC1CC3(CCCC3)CC1C2. The summed E-state index contributed by atoms with van der Waals surface area (Å²) in [6.45, 7) is 0. The molecule has 0 unspecified atom stereocenters. The summed E-state index contributed by atoms with van der Waals surface area (Å²) in [6, 6.07) is 0. The van der Waals surface area contributed by atoms with Crippen molar-refractivity contribution in [3.8, 4) is 0 Å². The van der Waals surface area contributed by atoms with Crippen molar-refractivity contribution in [2.75, 3.05) is 0 Å². The largest absolute Gasteiger partial charge is 0.0528 e. The van der Waals surface area contributed by atoms with E-state index in [9.17, 15) is 0 Å². The summed E-state index contributed by atoms with van der Waals surface area (Å²) in [7, 11) is 0. The van der Waals surface area contributed by atoms with Gasteiger partial charge in [-0.15, -0.1) is 0 Å². The summed E-state index contributed by atoms with van der Waals surface area (Å²) in [6.07, 6.45) is 19.1. The molecule has 0 amide bonds. The van der Waals surface area contributed by atoms with Crippen LogP contribution < -0.4 is 0 Å². The van der Waals surface area contributed by atoms with Gasteiger partial charge in [0.25, 0.3) is 0 Å². The third kappa shape index (κ3) is 1.34. The van der Waals surface area contributed by atoms with Crippen molar-refractivity contribution in [3.05, 3.63) is 0 Å². The molecule has 2 spiro atoms. The molecule has 0 N–H and O–H groups in total. The molecule has 4 rings (SSSR count). The highest BCUT2D eigenvalue weighted by Gasteiger charge is 2.54. The van der Waals surface area contributed by atoms with Gasteiger partial charge in [-0.2, -0.15) is 0 Å². The first-order valence-corrected chi connectivity index (χ1v) is 7.79. The fraction of sp³-hybridized carbons (Fsp3) is 1.00. The Morgan fingerprint density at radius 2 is 0.812 bits per heavy atom. The van der Waals surface area contributed by atoms with Crippen LogP contribution in [0.5, 0.6) is 0 Å². The van der Waals surface area contributed by atoms with E-state index in [0.717, 1.165) is 22.7 Å². The molecular weight excluding hydrogens is 192 g/mol. The zero-order chi connectivity index (χ0) is 10.6. The van der Waals surface area contributed by atoms with Crippen LogP contribution in [0.25, 0.3) is 0 Å². The highest BCUT2D eigenvalue weighted by molar-refractivity contribution is 5.05. The Bertz CT molecular complexity index is 232. The zero-order valence-corrected chi connectivity index (χ0v) is 10.6. The summed E-state index contributed by atoms with van der Waals surface area (Å²) < 4.78 is 0. The maximum atomic E-state index is 1.64. The zero-order valence-electron chi connectivity index (χ0n) is 10.6. The Morgan fingerprint density at radius 3 is 1.12 bits per heavy atom. The van der Waals surface area contributed by atoms with Crippen molar-refractivity contribution in [1.29, 1.82) is 0 Å². The number of hydrogen-bond donors (Lipinski definition) is 0. The molecule has 4 saturated carbocycles. The molecule has 0 atom stereocenters. The van der Waals surface area contributed by atoms with E-state index in [1.54, 1.807) is 77.0 Å². The topological polar surface area (TPSA) is 0 Å². The first kappa shape index (κ1) is 9.97. The molecular formula is C16H26. The Hall–Kier alpha value is 0. The molecule has 0 aromatic heterocycles. The van der Waals surface area contributed by atoms with E-state index in [1.165, 1.54) is 0 Å². The highest BCUT2D eigenvalue weighted by Crippen LogP contribution is 2.66. The Morgan fingerprint density at radius 1 is 0.500 bits per heavy atom. The lowest BCUT2D eigenvalue weighted by Gasteiger charge is -2.29. The van der Waals surface area contributed by atoms with Gasteiger partial charge in [0.05, 0.1) is 0 Å². The Labute approximate surface area is 100 Å². The second-order valence-corrected chi connectivity index (χ2v) is 7.75. The third-order valence-electron chi connectivity index (χ3n) is 6.78. The molecule has 0 bridgehead atoms. The maximum Gasteiger partial charge on any atom is -0.0292 e. The van der Waals surface area contributed by atoms with Crippen LogP contribution in [0.15, 0.2) is 0 Å². The van der Waals surface area contributed by atoms with Gasteiger partial charge in [0.1, 0.15) is 0 Å². The molecule has 0 heterocycles. The van der Waals surface area contributed by atoms with Crippen LogP contribution in [0, 0.1) is 22.7 Å². The van der Waals surface area contributed by atoms with Crippen LogP contribution in [0.3, 0.4) is 0 Å². The predicted molar refractivity (Wildman–Crippen MR) is 67.3 cm³/mol. The molecule has 0 aromatic carbocycles. The summed E-state index contributed by atoms with van der Waals surface area (Å²) in [5, 5.41) is 0. The van der Waals surface area contributed by atoms with Crippen molar-refractivity contribution in [3.63, 3.8) is 0 Å². The van der Waals surface area contributed by atoms with Gasteiger partial charge < -0.3 is 0 Å². The molecule has 0 saturated heterocycles. The monoisotopic (exact) mass is 218 g/mol. The molecule has 0 aliphatic heterocycles. The van der Waals surface area contributed by atoms with Gasteiger partial charge in [-0.25, -0.2) is 0 Å². The van der Waals surface area contributed by atoms with E-state index < -0.39 is 0 Å². The molecule has 0 aromatic rings. The van der Waals surface area contributed by atoms with E-state index in [-0.39, 0.29) is 0 Å². The average Bonchev–Trinajstić information content (AvgIpc) is 2.96. The van der Waals surface area contributed by atoms with E-state index in [2.05, 4.69) is 0 Å². The lowest BCUT2D eigenvalue weighted by atomic mass is 9.76. The number of hydrogen-bond acceptors (Lipinski definition) is 0. The van der Waals surface area contributed by atoms with Gasteiger partial charge in [0, 0.05) is 0 Å². The summed E-state index contributed by atoms with van der Waals surface area (Å²) in [5.74, 6) is 2.33. The molecule has 4 fully saturated rings. The molecule has 0 heteroatoms. The summed E-state index contributed by atoms with van der Waals surface area (Å²) in [4.78, 5) is 0.